The molecule has 2 rings (SSSR count). The van der Waals surface area contributed by atoms with Gasteiger partial charge in [-0.3, -0.25) is 0 Å². The predicted octanol–water partition coefficient (Wildman–Crippen LogP) is 4.70. The van der Waals surface area contributed by atoms with E-state index in [1.165, 1.54) is 12.8 Å². The highest BCUT2D eigenvalue weighted by Gasteiger charge is 2.21. The molecule has 1 saturated carbocycles. The first-order valence-corrected chi connectivity index (χ1v) is 9.41. The Hall–Kier alpha value is -0.250. The molecule has 0 spiro atoms. The topological polar surface area (TPSA) is 34.1 Å². The van der Waals surface area contributed by atoms with Crippen LogP contribution in [0.2, 0.25) is 5.02 Å². The fourth-order valence-corrected chi connectivity index (χ4v) is 4.07. The second-order valence-corrected chi connectivity index (χ2v) is 8.68. The van der Waals surface area contributed by atoms with Crippen LogP contribution in [0.15, 0.2) is 18.2 Å². The van der Waals surface area contributed by atoms with Gasteiger partial charge in [-0.15, -0.1) is 0 Å². The lowest BCUT2D eigenvalue weighted by atomic mass is 9.79. The van der Waals surface area contributed by atoms with E-state index in [0.29, 0.717) is 16.5 Å². The molecule has 0 heterocycles. The molecule has 1 aliphatic carbocycles. The van der Waals surface area contributed by atoms with Crippen molar-refractivity contribution in [3.8, 4) is 0 Å². The maximum Gasteiger partial charge on any atom is 0.236 e. The average molecular weight is 321 g/mol. The number of benzene rings is 1. The van der Waals surface area contributed by atoms with Crippen LogP contribution in [0.5, 0.6) is 0 Å². The second kappa shape index (κ2) is 6.02. The van der Waals surface area contributed by atoms with Gasteiger partial charge in [0.15, 0.2) is 0 Å². The van der Waals surface area contributed by atoms with Crippen molar-refractivity contribution in [3.63, 3.8) is 0 Å². The first-order chi connectivity index (χ1) is 8.85. The molecule has 0 unspecified atom stereocenters. The average Bonchev–Trinajstić information content (AvgIpc) is 2.29. The SMILES string of the molecule is CC1CCC(c2ccc(CS(=O)(=O)Cl)cc2Cl)CC1. The van der Waals surface area contributed by atoms with Crippen molar-refractivity contribution in [2.45, 2.75) is 44.3 Å². The zero-order valence-electron chi connectivity index (χ0n) is 10.9. The van der Waals surface area contributed by atoms with Crippen molar-refractivity contribution in [1.82, 2.24) is 0 Å². The van der Waals surface area contributed by atoms with Gasteiger partial charge in [-0.1, -0.05) is 43.5 Å². The Bertz CT molecular complexity index is 547. The Morgan fingerprint density at radius 2 is 1.84 bits per heavy atom. The van der Waals surface area contributed by atoms with E-state index in [2.05, 4.69) is 6.92 Å². The van der Waals surface area contributed by atoms with E-state index in [9.17, 15) is 8.42 Å². The number of rotatable bonds is 3. The summed E-state index contributed by atoms with van der Waals surface area (Å²) in [7, 11) is 1.73. The molecular weight excluding hydrogens is 303 g/mol. The Balaban J connectivity index is 2.15. The first kappa shape index (κ1) is 15.1. The zero-order chi connectivity index (χ0) is 14.0. The Morgan fingerprint density at radius 1 is 1.21 bits per heavy atom. The van der Waals surface area contributed by atoms with Gasteiger partial charge in [0.05, 0.1) is 5.75 Å². The van der Waals surface area contributed by atoms with Crippen LogP contribution in [-0.2, 0) is 14.8 Å². The van der Waals surface area contributed by atoms with Gasteiger partial charge >= 0.3 is 0 Å². The van der Waals surface area contributed by atoms with Crippen molar-refractivity contribution in [2.75, 3.05) is 0 Å². The van der Waals surface area contributed by atoms with Crippen LogP contribution in [0.3, 0.4) is 0 Å². The van der Waals surface area contributed by atoms with Gasteiger partial charge < -0.3 is 0 Å². The smallest absolute Gasteiger partial charge is 0.212 e. The summed E-state index contributed by atoms with van der Waals surface area (Å²) in [5, 5.41) is 0.664. The molecule has 0 radical (unpaired) electrons. The Morgan fingerprint density at radius 3 is 2.37 bits per heavy atom. The molecule has 0 aromatic heterocycles. The first-order valence-electron chi connectivity index (χ1n) is 6.56. The van der Waals surface area contributed by atoms with Crippen LogP contribution in [0.25, 0.3) is 0 Å². The third-order valence-corrected chi connectivity index (χ3v) is 5.19. The molecule has 106 valence electrons. The molecule has 19 heavy (non-hydrogen) atoms. The van der Waals surface area contributed by atoms with Crippen LogP contribution < -0.4 is 0 Å². The second-order valence-electron chi connectivity index (χ2n) is 5.50. The van der Waals surface area contributed by atoms with Crippen molar-refractivity contribution in [3.05, 3.63) is 34.3 Å². The molecule has 1 aliphatic rings. The molecule has 1 fully saturated rings. The van der Waals surface area contributed by atoms with E-state index in [4.69, 9.17) is 22.3 Å². The van der Waals surface area contributed by atoms with Gasteiger partial charge in [0.25, 0.3) is 0 Å². The highest BCUT2D eigenvalue weighted by Crippen LogP contribution is 2.38. The van der Waals surface area contributed by atoms with E-state index in [1.807, 2.05) is 12.1 Å². The third kappa shape index (κ3) is 4.37. The summed E-state index contributed by atoms with van der Waals surface area (Å²) in [4.78, 5) is 0. The lowest BCUT2D eigenvalue weighted by Crippen LogP contribution is -2.11. The summed E-state index contributed by atoms with van der Waals surface area (Å²) in [6.45, 7) is 2.28. The molecular formula is C14H18Cl2O2S. The van der Waals surface area contributed by atoms with Crippen LogP contribution in [0, 0.1) is 5.92 Å². The van der Waals surface area contributed by atoms with Crippen molar-refractivity contribution >= 4 is 31.3 Å². The van der Waals surface area contributed by atoms with Gasteiger partial charge in [-0.2, -0.15) is 0 Å². The minimum atomic E-state index is -3.53. The van der Waals surface area contributed by atoms with E-state index in [1.54, 1.807) is 6.07 Å². The molecule has 1 aromatic rings. The molecule has 0 amide bonds. The van der Waals surface area contributed by atoms with E-state index in [0.717, 1.165) is 24.3 Å². The summed E-state index contributed by atoms with van der Waals surface area (Å²) in [6, 6.07) is 5.51. The summed E-state index contributed by atoms with van der Waals surface area (Å²) >= 11 is 6.29. The largest absolute Gasteiger partial charge is 0.236 e. The molecule has 0 N–H and O–H groups in total. The van der Waals surface area contributed by atoms with Gasteiger partial charge in [-0.25, -0.2) is 8.42 Å². The maximum atomic E-state index is 11.1. The lowest BCUT2D eigenvalue weighted by Gasteiger charge is -2.27. The maximum absolute atomic E-state index is 11.1. The Kier molecular flexibility index (Phi) is 4.80. The standard InChI is InChI=1S/C14H18Cl2O2S/c1-10-2-5-12(6-3-10)13-7-4-11(8-14(13)15)9-19(16,17)18/h4,7-8,10,12H,2-3,5-6,9H2,1H3. The van der Waals surface area contributed by atoms with E-state index in [-0.39, 0.29) is 5.75 Å². The lowest BCUT2D eigenvalue weighted by molar-refractivity contribution is 0.348. The Labute approximate surface area is 124 Å². The molecule has 0 aliphatic heterocycles. The third-order valence-electron chi connectivity index (χ3n) is 3.86. The molecule has 1 aromatic carbocycles. The van der Waals surface area contributed by atoms with Crippen LogP contribution in [0.1, 0.15) is 49.7 Å². The summed E-state index contributed by atoms with van der Waals surface area (Å²) in [6.07, 6.45) is 4.79. The number of hydrogen-bond acceptors (Lipinski definition) is 2. The van der Waals surface area contributed by atoms with Crippen molar-refractivity contribution in [2.24, 2.45) is 5.92 Å². The van der Waals surface area contributed by atoms with Crippen molar-refractivity contribution in [1.29, 1.82) is 0 Å². The van der Waals surface area contributed by atoms with E-state index >= 15 is 0 Å². The van der Waals surface area contributed by atoms with Gasteiger partial charge in [0.2, 0.25) is 9.05 Å². The van der Waals surface area contributed by atoms with Gasteiger partial charge in [0, 0.05) is 15.7 Å². The molecule has 5 heteroatoms. The highest BCUT2D eigenvalue weighted by molar-refractivity contribution is 8.13. The van der Waals surface area contributed by atoms with Gasteiger partial charge in [-0.05, 0) is 41.9 Å². The van der Waals surface area contributed by atoms with E-state index < -0.39 is 9.05 Å². The summed E-state index contributed by atoms with van der Waals surface area (Å²) < 4.78 is 22.1. The molecule has 0 bridgehead atoms. The number of halogens is 2. The zero-order valence-corrected chi connectivity index (χ0v) is 13.2. The molecule has 0 saturated heterocycles. The monoisotopic (exact) mass is 320 g/mol. The van der Waals surface area contributed by atoms with Crippen LogP contribution >= 0.6 is 22.3 Å². The van der Waals surface area contributed by atoms with Crippen LogP contribution in [-0.4, -0.2) is 8.42 Å². The normalized spacial score (nSPS) is 24.4. The van der Waals surface area contributed by atoms with Crippen molar-refractivity contribution < 1.29 is 8.42 Å². The minimum absolute atomic E-state index is 0.170. The fourth-order valence-electron chi connectivity index (χ4n) is 2.76. The van der Waals surface area contributed by atoms with Crippen LogP contribution in [0.4, 0.5) is 0 Å². The number of hydrogen-bond donors (Lipinski definition) is 0. The molecule has 2 nitrogen and oxygen atoms in total. The quantitative estimate of drug-likeness (QED) is 0.756. The van der Waals surface area contributed by atoms with Gasteiger partial charge in [0.1, 0.15) is 0 Å². The predicted molar refractivity (Wildman–Crippen MR) is 80.3 cm³/mol. The highest BCUT2D eigenvalue weighted by atomic mass is 35.7. The molecule has 0 atom stereocenters. The summed E-state index contributed by atoms with van der Waals surface area (Å²) in [5.74, 6) is 1.14. The minimum Gasteiger partial charge on any atom is -0.212 e. The fraction of sp³-hybridized carbons (Fsp3) is 0.571. The summed E-state index contributed by atoms with van der Waals surface area (Å²) in [5.41, 5.74) is 1.79.